The average molecular weight is 288 g/mol. The molecule has 0 aliphatic carbocycles. The van der Waals surface area contributed by atoms with Crippen molar-refractivity contribution in [3.8, 4) is 11.5 Å². The van der Waals surface area contributed by atoms with Crippen molar-refractivity contribution in [3.05, 3.63) is 22.7 Å². The van der Waals surface area contributed by atoms with Crippen molar-refractivity contribution in [2.45, 2.75) is 26.4 Å². The summed E-state index contributed by atoms with van der Waals surface area (Å²) in [5.74, 6) is 0.944. The molecule has 2 N–H and O–H groups in total. The summed E-state index contributed by atoms with van der Waals surface area (Å²) >= 11 is 6.00. The lowest BCUT2D eigenvalue weighted by molar-refractivity contribution is 0.146. The first-order chi connectivity index (χ1) is 8.99. The zero-order chi connectivity index (χ0) is 14.4. The molecule has 19 heavy (non-hydrogen) atoms. The first-order valence-corrected chi connectivity index (χ1v) is 6.65. The van der Waals surface area contributed by atoms with Gasteiger partial charge in [0.2, 0.25) is 0 Å². The van der Waals surface area contributed by atoms with Crippen LogP contribution in [0.3, 0.4) is 0 Å². The molecule has 4 nitrogen and oxygen atoms in total. The summed E-state index contributed by atoms with van der Waals surface area (Å²) in [6, 6.07) is 3.54. The van der Waals surface area contributed by atoms with Crippen LogP contribution in [-0.4, -0.2) is 32.0 Å². The molecule has 0 saturated carbocycles. The van der Waals surface area contributed by atoms with Crippen molar-refractivity contribution >= 4 is 11.6 Å². The van der Waals surface area contributed by atoms with E-state index in [1.165, 1.54) is 7.11 Å². The molecule has 1 rings (SSSR count). The zero-order valence-electron chi connectivity index (χ0n) is 11.9. The summed E-state index contributed by atoms with van der Waals surface area (Å²) in [7, 11) is 3.18. The van der Waals surface area contributed by atoms with E-state index < -0.39 is 0 Å². The number of benzene rings is 1. The summed E-state index contributed by atoms with van der Waals surface area (Å²) < 4.78 is 10.3. The molecule has 1 aromatic rings. The van der Waals surface area contributed by atoms with Crippen LogP contribution in [0.5, 0.6) is 11.5 Å². The number of phenols is 1. The highest BCUT2D eigenvalue weighted by Gasteiger charge is 2.15. The fourth-order valence-corrected chi connectivity index (χ4v) is 2.06. The first kappa shape index (κ1) is 16.1. The van der Waals surface area contributed by atoms with Crippen LogP contribution in [0.15, 0.2) is 12.1 Å². The second kappa shape index (κ2) is 7.58. The van der Waals surface area contributed by atoms with E-state index >= 15 is 0 Å². The number of methoxy groups -OCH3 is 2. The molecule has 1 unspecified atom stereocenters. The van der Waals surface area contributed by atoms with Crippen LogP contribution in [0.1, 0.15) is 19.4 Å². The summed E-state index contributed by atoms with van der Waals surface area (Å²) in [4.78, 5) is 0. The first-order valence-electron chi connectivity index (χ1n) is 6.27. The minimum Gasteiger partial charge on any atom is -0.504 e. The van der Waals surface area contributed by atoms with Gasteiger partial charge in [-0.05, 0) is 12.0 Å². The Bertz CT molecular complexity index is 410. The van der Waals surface area contributed by atoms with Crippen molar-refractivity contribution < 1.29 is 14.6 Å². The minimum atomic E-state index is 0.124. The fourth-order valence-electron chi connectivity index (χ4n) is 1.83. The Labute approximate surface area is 119 Å². The highest BCUT2D eigenvalue weighted by atomic mass is 35.5. The Morgan fingerprint density at radius 2 is 2.00 bits per heavy atom. The molecular formula is C14H22ClNO3. The number of aromatic hydroxyl groups is 1. The topological polar surface area (TPSA) is 50.7 Å². The van der Waals surface area contributed by atoms with Crippen LogP contribution in [0.25, 0.3) is 0 Å². The smallest absolute Gasteiger partial charge is 0.162 e. The molecule has 1 atom stereocenters. The van der Waals surface area contributed by atoms with Crippen molar-refractivity contribution in [1.29, 1.82) is 0 Å². The minimum absolute atomic E-state index is 0.124. The second-order valence-corrected chi connectivity index (χ2v) is 5.24. The van der Waals surface area contributed by atoms with Crippen LogP contribution in [0, 0.1) is 5.92 Å². The predicted octanol–water partition coefficient (Wildman–Crippen LogP) is 2.81. The quantitative estimate of drug-likeness (QED) is 0.810. The van der Waals surface area contributed by atoms with Crippen molar-refractivity contribution in [2.24, 2.45) is 5.92 Å². The van der Waals surface area contributed by atoms with E-state index in [0.29, 0.717) is 35.4 Å². The van der Waals surface area contributed by atoms with Gasteiger partial charge in [0, 0.05) is 36.3 Å². The van der Waals surface area contributed by atoms with E-state index in [1.54, 1.807) is 19.2 Å². The molecule has 1 aromatic carbocycles. The SMILES string of the molecule is COCC(NCc1cc(Cl)cc(OC)c1O)C(C)C. The third-order valence-corrected chi connectivity index (χ3v) is 3.26. The number of rotatable bonds is 7. The third kappa shape index (κ3) is 4.56. The Kier molecular flexibility index (Phi) is 6.42. The fraction of sp³-hybridized carbons (Fsp3) is 0.571. The van der Waals surface area contributed by atoms with Gasteiger partial charge in [-0.25, -0.2) is 0 Å². The Morgan fingerprint density at radius 1 is 1.32 bits per heavy atom. The predicted molar refractivity (Wildman–Crippen MR) is 77.0 cm³/mol. The molecular weight excluding hydrogens is 266 g/mol. The Balaban J connectivity index is 2.79. The lowest BCUT2D eigenvalue weighted by Gasteiger charge is -2.22. The molecule has 0 radical (unpaired) electrons. The van der Waals surface area contributed by atoms with Crippen LogP contribution in [0.2, 0.25) is 5.02 Å². The monoisotopic (exact) mass is 287 g/mol. The summed E-state index contributed by atoms with van der Waals surface area (Å²) in [5.41, 5.74) is 0.714. The summed E-state index contributed by atoms with van der Waals surface area (Å²) in [5, 5.41) is 13.9. The Morgan fingerprint density at radius 3 is 2.53 bits per heavy atom. The van der Waals surface area contributed by atoms with Gasteiger partial charge in [0.25, 0.3) is 0 Å². The van der Waals surface area contributed by atoms with E-state index in [4.69, 9.17) is 21.1 Å². The van der Waals surface area contributed by atoms with Gasteiger partial charge in [0.15, 0.2) is 11.5 Å². The van der Waals surface area contributed by atoms with Crippen LogP contribution in [0.4, 0.5) is 0 Å². The van der Waals surface area contributed by atoms with Gasteiger partial charge in [0.05, 0.1) is 13.7 Å². The molecule has 0 aromatic heterocycles. The maximum atomic E-state index is 10.0. The third-order valence-electron chi connectivity index (χ3n) is 3.04. The second-order valence-electron chi connectivity index (χ2n) is 4.80. The number of halogens is 1. The Hall–Kier alpha value is -0.970. The number of hydrogen-bond acceptors (Lipinski definition) is 4. The van der Waals surface area contributed by atoms with E-state index in [-0.39, 0.29) is 11.8 Å². The van der Waals surface area contributed by atoms with E-state index in [1.807, 2.05) is 0 Å². The molecule has 0 saturated heterocycles. The van der Waals surface area contributed by atoms with Crippen LogP contribution in [-0.2, 0) is 11.3 Å². The molecule has 0 bridgehead atoms. The van der Waals surface area contributed by atoms with Crippen molar-refractivity contribution in [2.75, 3.05) is 20.8 Å². The zero-order valence-corrected chi connectivity index (χ0v) is 12.6. The van der Waals surface area contributed by atoms with Gasteiger partial charge in [-0.1, -0.05) is 25.4 Å². The van der Waals surface area contributed by atoms with Gasteiger partial charge in [-0.15, -0.1) is 0 Å². The lowest BCUT2D eigenvalue weighted by atomic mass is 10.0. The van der Waals surface area contributed by atoms with E-state index in [9.17, 15) is 5.11 Å². The molecule has 0 aliphatic rings. The molecule has 5 heteroatoms. The largest absolute Gasteiger partial charge is 0.504 e. The van der Waals surface area contributed by atoms with Gasteiger partial charge in [0.1, 0.15) is 0 Å². The van der Waals surface area contributed by atoms with Crippen LogP contribution < -0.4 is 10.1 Å². The summed E-state index contributed by atoms with van der Waals surface area (Å²) in [6.07, 6.45) is 0. The van der Waals surface area contributed by atoms with Gasteiger partial charge < -0.3 is 19.9 Å². The highest BCUT2D eigenvalue weighted by molar-refractivity contribution is 6.30. The number of phenolic OH excluding ortho intramolecular Hbond substituents is 1. The number of ether oxygens (including phenoxy) is 2. The van der Waals surface area contributed by atoms with E-state index in [0.717, 1.165) is 0 Å². The van der Waals surface area contributed by atoms with Gasteiger partial charge in [-0.3, -0.25) is 0 Å². The average Bonchev–Trinajstić information content (AvgIpc) is 2.37. The highest BCUT2D eigenvalue weighted by Crippen LogP contribution is 2.33. The molecule has 0 heterocycles. The van der Waals surface area contributed by atoms with Crippen molar-refractivity contribution in [1.82, 2.24) is 5.32 Å². The standard InChI is InChI=1S/C14H22ClNO3/c1-9(2)12(8-18-3)16-7-10-5-11(15)6-13(19-4)14(10)17/h5-6,9,12,16-17H,7-8H2,1-4H3. The summed E-state index contributed by atoms with van der Waals surface area (Å²) in [6.45, 7) is 5.37. The molecule has 0 amide bonds. The number of nitrogens with one attached hydrogen (secondary N) is 1. The van der Waals surface area contributed by atoms with Gasteiger partial charge in [-0.2, -0.15) is 0 Å². The van der Waals surface area contributed by atoms with Crippen molar-refractivity contribution in [3.63, 3.8) is 0 Å². The number of hydrogen-bond donors (Lipinski definition) is 2. The van der Waals surface area contributed by atoms with Crippen LogP contribution >= 0.6 is 11.6 Å². The normalized spacial score (nSPS) is 12.7. The molecule has 0 aliphatic heterocycles. The molecule has 0 spiro atoms. The molecule has 0 fully saturated rings. The maximum Gasteiger partial charge on any atom is 0.162 e. The van der Waals surface area contributed by atoms with Gasteiger partial charge >= 0.3 is 0 Å². The molecule has 108 valence electrons. The maximum absolute atomic E-state index is 10.0. The van der Waals surface area contributed by atoms with E-state index in [2.05, 4.69) is 19.2 Å². The lowest BCUT2D eigenvalue weighted by Crippen LogP contribution is -2.37.